The van der Waals surface area contributed by atoms with Crippen molar-refractivity contribution in [1.29, 1.82) is 0 Å². The van der Waals surface area contributed by atoms with Crippen molar-refractivity contribution in [1.82, 2.24) is 9.62 Å². The minimum atomic E-state index is -3.40. The van der Waals surface area contributed by atoms with E-state index in [4.69, 9.17) is 9.47 Å². The van der Waals surface area contributed by atoms with E-state index < -0.39 is 27.8 Å². The van der Waals surface area contributed by atoms with Crippen LogP contribution in [-0.4, -0.2) is 64.8 Å². The number of methoxy groups -OCH3 is 1. The third kappa shape index (κ3) is 4.22. The van der Waals surface area contributed by atoms with E-state index in [0.717, 1.165) is 10.4 Å². The lowest BCUT2D eigenvalue weighted by Crippen LogP contribution is -2.43. The number of sulfonamides is 1. The van der Waals surface area contributed by atoms with Gasteiger partial charge in [0.25, 0.3) is 5.91 Å². The van der Waals surface area contributed by atoms with Crippen LogP contribution in [0.25, 0.3) is 0 Å². The molecule has 9 heteroatoms. The fourth-order valence-corrected chi connectivity index (χ4v) is 3.56. The van der Waals surface area contributed by atoms with Crippen molar-refractivity contribution >= 4 is 15.9 Å². The first-order valence-corrected chi connectivity index (χ1v) is 8.98. The lowest BCUT2D eigenvalue weighted by atomic mass is 10.1. The second-order valence-electron chi connectivity index (χ2n) is 5.79. The Labute approximate surface area is 140 Å². The molecular weight excluding hydrogens is 339 g/mol. The first-order valence-electron chi connectivity index (χ1n) is 7.37. The standard InChI is InChI=1S/C15H21FN2O5S/c1-18(2)24(20,21)9-11-7-23-8-13(11)17-15(19)10-4-5-12(16)14(6-10)22-3/h4-6,11,13H,7-9H2,1-3H3,(H,17,19)/t11-,13+/m0/s1. The van der Waals surface area contributed by atoms with Gasteiger partial charge in [-0.3, -0.25) is 4.79 Å². The largest absolute Gasteiger partial charge is 0.494 e. The minimum Gasteiger partial charge on any atom is -0.494 e. The maximum Gasteiger partial charge on any atom is 0.251 e. The van der Waals surface area contributed by atoms with E-state index in [0.29, 0.717) is 0 Å². The zero-order valence-corrected chi connectivity index (χ0v) is 14.6. The molecular formula is C15H21FN2O5S. The molecule has 2 rings (SSSR count). The van der Waals surface area contributed by atoms with Crippen LogP contribution in [0.5, 0.6) is 5.75 Å². The minimum absolute atomic E-state index is 0.0305. The molecule has 1 aromatic carbocycles. The van der Waals surface area contributed by atoms with Crippen LogP contribution < -0.4 is 10.1 Å². The van der Waals surface area contributed by atoms with Crippen molar-refractivity contribution in [3.63, 3.8) is 0 Å². The van der Waals surface area contributed by atoms with Crippen LogP contribution in [0.1, 0.15) is 10.4 Å². The average Bonchev–Trinajstić information content (AvgIpc) is 2.93. The Morgan fingerprint density at radius 3 is 2.75 bits per heavy atom. The lowest BCUT2D eigenvalue weighted by molar-refractivity contribution is 0.0925. The van der Waals surface area contributed by atoms with Gasteiger partial charge in [-0.1, -0.05) is 0 Å². The normalized spacial score (nSPS) is 21.0. The van der Waals surface area contributed by atoms with Gasteiger partial charge in [-0.25, -0.2) is 17.1 Å². The Morgan fingerprint density at radius 2 is 2.12 bits per heavy atom. The zero-order valence-electron chi connectivity index (χ0n) is 13.8. The number of benzene rings is 1. The molecule has 7 nitrogen and oxygen atoms in total. The fraction of sp³-hybridized carbons (Fsp3) is 0.533. The summed E-state index contributed by atoms with van der Waals surface area (Å²) >= 11 is 0. The summed E-state index contributed by atoms with van der Waals surface area (Å²) in [5.74, 6) is -1.48. The average molecular weight is 360 g/mol. The van der Waals surface area contributed by atoms with Crippen molar-refractivity contribution in [3.05, 3.63) is 29.6 Å². The summed E-state index contributed by atoms with van der Waals surface area (Å²) in [5.41, 5.74) is 0.231. The number of ether oxygens (including phenoxy) is 2. The van der Waals surface area contributed by atoms with Gasteiger partial charge in [-0.05, 0) is 18.2 Å². The highest BCUT2D eigenvalue weighted by Gasteiger charge is 2.34. The van der Waals surface area contributed by atoms with Gasteiger partial charge in [0, 0.05) is 25.6 Å². The molecule has 1 aromatic rings. The summed E-state index contributed by atoms with van der Waals surface area (Å²) in [5, 5.41) is 2.75. The quantitative estimate of drug-likeness (QED) is 0.797. The molecule has 1 aliphatic heterocycles. The van der Waals surface area contributed by atoms with E-state index in [2.05, 4.69) is 5.32 Å². The van der Waals surface area contributed by atoms with Gasteiger partial charge in [-0.2, -0.15) is 0 Å². The summed E-state index contributed by atoms with van der Waals surface area (Å²) < 4.78 is 48.7. The highest BCUT2D eigenvalue weighted by Crippen LogP contribution is 2.20. The van der Waals surface area contributed by atoms with Gasteiger partial charge < -0.3 is 14.8 Å². The SMILES string of the molecule is COc1cc(C(=O)N[C@@H]2COC[C@H]2CS(=O)(=O)N(C)C)ccc1F. The molecule has 1 saturated heterocycles. The third-order valence-corrected chi connectivity index (χ3v) is 5.87. The Bertz CT molecular complexity index is 708. The zero-order chi connectivity index (χ0) is 17.9. The molecule has 1 N–H and O–H groups in total. The Hall–Kier alpha value is -1.71. The first kappa shape index (κ1) is 18.6. The van der Waals surface area contributed by atoms with Crippen LogP contribution in [0.3, 0.4) is 0 Å². The van der Waals surface area contributed by atoms with Crippen molar-refractivity contribution in [2.45, 2.75) is 6.04 Å². The van der Waals surface area contributed by atoms with Crippen LogP contribution in [0.2, 0.25) is 0 Å². The van der Waals surface area contributed by atoms with E-state index in [9.17, 15) is 17.6 Å². The molecule has 24 heavy (non-hydrogen) atoms. The lowest BCUT2D eigenvalue weighted by Gasteiger charge is -2.21. The van der Waals surface area contributed by atoms with Crippen LogP contribution in [0.4, 0.5) is 4.39 Å². The highest BCUT2D eigenvalue weighted by atomic mass is 32.2. The number of hydrogen-bond donors (Lipinski definition) is 1. The second kappa shape index (κ2) is 7.45. The molecule has 1 aliphatic rings. The van der Waals surface area contributed by atoms with Crippen molar-refractivity contribution in [3.8, 4) is 5.75 Å². The number of halogens is 1. The van der Waals surface area contributed by atoms with Gasteiger partial charge in [-0.15, -0.1) is 0 Å². The molecule has 2 atom stereocenters. The van der Waals surface area contributed by atoms with E-state index in [1.165, 1.54) is 33.3 Å². The molecule has 0 aliphatic carbocycles. The summed E-state index contributed by atoms with van der Waals surface area (Å²) in [6.45, 7) is 0.489. The summed E-state index contributed by atoms with van der Waals surface area (Å²) in [6.07, 6.45) is 0. The summed E-state index contributed by atoms with van der Waals surface area (Å²) in [7, 11) is 0.837. The molecule has 0 unspecified atom stereocenters. The summed E-state index contributed by atoms with van der Waals surface area (Å²) in [6, 6.07) is 3.36. The number of nitrogens with one attached hydrogen (secondary N) is 1. The Kier molecular flexibility index (Phi) is 5.79. The predicted octanol–water partition coefficient (Wildman–Crippen LogP) is 0.470. The third-order valence-electron chi connectivity index (χ3n) is 3.91. The smallest absolute Gasteiger partial charge is 0.251 e. The molecule has 0 radical (unpaired) electrons. The fourth-order valence-electron chi connectivity index (χ4n) is 2.39. The molecule has 1 heterocycles. The van der Waals surface area contributed by atoms with E-state index in [1.54, 1.807) is 0 Å². The van der Waals surface area contributed by atoms with Crippen molar-refractivity contribution in [2.24, 2.45) is 5.92 Å². The van der Waals surface area contributed by atoms with Gasteiger partial charge in [0.05, 0.1) is 32.1 Å². The van der Waals surface area contributed by atoms with Crippen molar-refractivity contribution in [2.75, 3.05) is 40.2 Å². The summed E-state index contributed by atoms with van der Waals surface area (Å²) in [4.78, 5) is 12.3. The van der Waals surface area contributed by atoms with E-state index >= 15 is 0 Å². The predicted molar refractivity (Wildman–Crippen MR) is 86.0 cm³/mol. The monoisotopic (exact) mass is 360 g/mol. The topological polar surface area (TPSA) is 84.9 Å². The molecule has 134 valence electrons. The number of nitrogens with zero attached hydrogens (tertiary/aromatic N) is 1. The number of hydrogen-bond acceptors (Lipinski definition) is 5. The Morgan fingerprint density at radius 1 is 1.42 bits per heavy atom. The second-order valence-corrected chi connectivity index (χ2v) is 8.02. The first-order chi connectivity index (χ1) is 11.2. The number of carbonyl (C=O) groups is 1. The van der Waals surface area contributed by atoms with Gasteiger partial charge in [0.2, 0.25) is 10.0 Å². The molecule has 0 saturated carbocycles. The number of rotatable bonds is 6. The molecule has 0 spiro atoms. The van der Waals surface area contributed by atoms with Gasteiger partial charge >= 0.3 is 0 Å². The van der Waals surface area contributed by atoms with Crippen LogP contribution in [-0.2, 0) is 14.8 Å². The van der Waals surface area contributed by atoms with E-state index in [-0.39, 0.29) is 36.2 Å². The maximum absolute atomic E-state index is 13.4. The van der Waals surface area contributed by atoms with E-state index in [1.807, 2.05) is 0 Å². The number of carbonyl (C=O) groups excluding carboxylic acids is 1. The Balaban J connectivity index is 2.08. The molecule has 1 fully saturated rings. The molecule has 1 amide bonds. The maximum atomic E-state index is 13.4. The highest BCUT2D eigenvalue weighted by molar-refractivity contribution is 7.89. The van der Waals surface area contributed by atoms with Crippen LogP contribution >= 0.6 is 0 Å². The van der Waals surface area contributed by atoms with Crippen molar-refractivity contribution < 1.29 is 27.1 Å². The van der Waals surface area contributed by atoms with Gasteiger partial charge in [0.15, 0.2) is 11.6 Å². The van der Waals surface area contributed by atoms with Gasteiger partial charge in [0.1, 0.15) is 0 Å². The molecule has 0 aromatic heterocycles. The van der Waals surface area contributed by atoms with Crippen LogP contribution in [0.15, 0.2) is 18.2 Å². The van der Waals surface area contributed by atoms with Crippen LogP contribution in [0, 0.1) is 11.7 Å². The molecule has 0 bridgehead atoms. The number of amides is 1.